The minimum absolute atomic E-state index is 0.233. The van der Waals surface area contributed by atoms with Crippen LogP contribution >= 0.6 is 0 Å². The van der Waals surface area contributed by atoms with E-state index in [4.69, 9.17) is 9.41 Å². The molecule has 0 amide bonds. The quantitative estimate of drug-likeness (QED) is 0.440. The van der Waals surface area contributed by atoms with Gasteiger partial charge in [0.2, 0.25) is 15.9 Å². The molecule has 0 saturated heterocycles. The maximum absolute atomic E-state index is 12.2. The van der Waals surface area contributed by atoms with Crippen molar-refractivity contribution in [1.82, 2.24) is 4.98 Å². The first-order valence-electron chi connectivity index (χ1n) is 10.3. The van der Waals surface area contributed by atoms with Crippen molar-refractivity contribution in [3.05, 3.63) is 65.5 Å². The zero-order chi connectivity index (χ0) is 22.8. The Labute approximate surface area is 184 Å². The second-order valence-corrected chi connectivity index (χ2v) is 10.2. The molecule has 31 heavy (non-hydrogen) atoms. The molecule has 0 fully saturated rings. The van der Waals surface area contributed by atoms with Gasteiger partial charge in [-0.1, -0.05) is 76.2 Å². The van der Waals surface area contributed by atoms with Crippen LogP contribution in [0, 0.1) is 0 Å². The predicted molar refractivity (Wildman–Crippen MR) is 127 cm³/mol. The summed E-state index contributed by atoms with van der Waals surface area (Å²) in [4.78, 5) is 9.19. The second kappa shape index (κ2) is 9.06. The van der Waals surface area contributed by atoms with Gasteiger partial charge in [0.25, 0.3) is 0 Å². The first-order valence-corrected chi connectivity index (χ1v) is 12.1. The molecule has 0 bridgehead atoms. The number of hydrogen-bond acceptors (Lipinski definition) is 5. The Morgan fingerprint density at radius 2 is 1.55 bits per heavy atom. The van der Waals surface area contributed by atoms with Crippen molar-refractivity contribution in [2.75, 3.05) is 17.6 Å². The van der Waals surface area contributed by atoms with Crippen LogP contribution in [0.1, 0.15) is 56.5 Å². The Hall–Kier alpha value is -2.93. The van der Waals surface area contributed by atoms with Gasteiger partial charge < -0.3 is 4.42 Å². The molecule has 1 heterocycles. The standard InChI is InChI=1S/C24H29N3O3S/c1-16(2)19-13-10-14-20(17(3)4)22(19)25-15-21-26-24(27(5)31(6,28)29)23(30-21)18-11-8-7-9-12-18/h7-17H,1-6H3. The number of aliphatic imine (C=N–C) groups is 1. The number of benzene rings is 2. The van der Waals surface area contributed by atoms with E-state index in [-0.39, 0.29) is 11.7 Å². The van der Waals surface area contributed by atoms with Crippen LogP contribution in [0.3, 0.4) is 0 Å². The summed E-state index contributed by atoms with van der Waals surface area (Å²) in [6.45, 7) is 8.54. The summed E-state index contributed by atoms with van der Waals surface area (Å²) < 4.78 is 31.4. The Kier molecular flexibility index (Phi) is 6.65. The van der Waals surface area contributed by atoms with E-state index >= 15 is 0 Å². The van der Waals surface area contributed by atoms with Crippen molar-refractivity contribution in [3.8, 4) is 11.3 Å². The van der Waals surface area contributed by atoms with Crippen molar-refractivity contribution in [3.63, 3.8) is 0 Å². The highest BCUT2D eigenvalue weighted by Gasteiger charge is 2.23. The van der Waals surface area contributed by atoms with Gasteiger partial charge in [-0.2, -0.15) is 4.98 Å². The molecule has 164 valence electrons. The Balaban J connectivity index is 2.12. The van der Waals surface area contributed by atoms with E-state index in [0.717, 1.165) is 32.9 Å². The second-order valence-electron chi connectivity index (χ2n) is 8.15. The zero-order valence-electron chi connectivity index (χ0n) is 18.8. The molecule has 0 spiro atoms. The van der Waals surface area contributed by atoms with Crippen molar-refractivity contribution in [2.45, 2.75) is 39.5 Å². The highest BCUT2D eigenvalue weighted by Crippen LogP contribution is 2.35. The highest BCUT2D eigenvalue weighted by atomic mass is 32.2. The topological polar surface area (TPSA) is 75.8 Å². The van der Waals surface area contributed by atoms with Crippen LogP contribution in [-0.2, 0) is 10.0 Å². The first-order chi connectivity index (χ1) is 14.6. The van der Waals surface area contributed by atoms with Gasteiger partial charge in [-0.05, 0) is 23.0 Å². The lowest BCUT2D eigenvalue weighted by Crippen LogP contribution is -2.25. The number of rotatable bonds is 7. The predicted octanol–water partition coefficient (Wildman–Crippen LogP) is 5.73. The van der Waals surface area contributed by atoms with E-state index in [1.165, 1.54) is 7.05 Å². The van der Waals surface area contributed by atoms with Gasteiger partial charge in [-0.3, -0.25) is 9.30 Å². The molecule has 0 radical (unpaired) electrons. The summed E-state index contributed by atoms with van der Waals surface area (Å²) >= 11 is 0. The van der Waals surface area contributed by atoms with Crippen LogP contribution in [-0.4, -0.2) is 32.9 Å². The molecule has 0 aliphatic heterocycles. The molecule has 7 heteroatoms. The van der Waals surface area contributed by atoms with Gasteiger partial charge in [0.05, 0.1) is 18.2 Å². The van der Waals surface area contributed by atoms with Crippen LogP contribution < -0.4 is 4.31 Å². The third-order valence-corrected chi connectivity index (χ3v) is 6.27. The van der Waals surface area contributed by atoms with Gasteiger partial charge in [0, 0.05) is 12.6 Å². The van der Waals surface area contributed by atoms with Gasteiger partial charge in [-0.25, -0.2) is 8.42 Å². The van der Waals surface area contributed by atoms with E-state index in [1.807, 2.05) is 30.3 Å². The van der Waals surface area contributed by atoms with Gasteiger partial charge >= 0.3 is 0 Å². The lowest BCUT2D eigenvalue weighted by atomic mass is 9.93. The Morgan fingerprint density at radius 1 is 0.968 bits per heavy atom. The number of hydrogen-bond donors (Lipinski definition) is 0. The number of oxazole rings is 1. The normalized spacial score (nSPS) is 12.3. The maximum Gasteiger partial charge on any atom is 0.240 e. The van der Waals surface area contributed by atoms with Gasteiger partial charge in [0.1, 0.15) is 0 Å². The molecule has 3 rings (SSSR count). The van der Waals surface area contributed by atoms with Crippen molar-refractivity contribution in [1.29, 1.82) is 0 Å². The SMILES string of the molecule is CC(C)c1cccc(C(C)C)c1N=Cc1nc(N(C)S(C)(=O)=O)c(-c2ccccc2)o1. The van der Waals surface area contributed by atoms with E-state index in [2.05, 4.69) is 50.9 Å². The molecule has 6 nitrogen and oxygen atoms in total. The molecule has 0 aliphatic carbocycles. The molecule has 3 aromatic rings. The number of nitrogens with zero attached hydrogens (tertiary/aromatic N) is 3. The Morgan fingerprint density at radius 3 is 2.06 bits per heavy atom. The van der Waals surface area contributed by atoms with Crippen molar-refractivity contribution < 1.29 is 12.8 Å². The largest absolute Gasteiger partial charge is 0.433 e. The minimum Gasteiger partial charge on any atom is -0.433 e. The molecule has 0 aliphatic rings. The first kappa shape index (κ1) is 22.7. The number of anilines is 1. The molecule has 0 saturated carbocycles. The maximum atomic E-state index is 12.2. The fourth-order valence-electron chi connectivity index (χ4n) is 3.31. The summed E-state index contributed by atoms with van der Waals surface area (Å²) in [5, 5.41) is 0. The van der Waals surface area contributed by atoms with E-state index < -0.39 is 10.0 Å². The van der Waals surface area contributed by atoms with Crippen LogP contribution in [0.4, 0.5) is 11.5 Å². The molecule has 0 atom stereocenters. The van der Waals surface area contributed by atoms with Gasteiger partial charge in [-0.15, -0.1) is 0 Å². The summed E-state index contributed by atoms with van der Waals surface area (Å²) in [5.74, 6) is 1.48. The van der Waals surface area contributed by atoms with Crippen LogP contribution in [0.25, 0.3) is 11.3 Å². The number of aromatic nitrogens is 1. The van der Waals surface area contributed by atoms with E-state index in [9.17, 15) is 8.42 Å². The van der Waals surface area contributed by atoms with Crippen molar-refractivity contribution in [2.24, 2.45) is 4.99 Å². The summed E-state index contributed by atoms with van der Waals surface area (Å²) in [6.07, 6.45) is 2.71. The third-order valence-electron chi connectivity index (χ3n) is 5.10. The van der Waals surface area contributed by atoms with Gasteiger partial charge in [0.15, 0.2) is 11.6 Å². The van der Waals surface area contributed by atoms with E-state index in [0.29, 0.717) is 17.6 Å². The number of para-hydroxylation sites is 1. The fourth-order valence-corrected chi connectivity index (χ4v) is 3.75. The molecular weight excluding hydrogens is 410 g/mol. The lowest BCUT2D eigenvalue weighted by Gasteiger charge is -2.15. The Bertz CT molecular complexity index is 1150. The highest BCUT2D eigenvalue weighted by molar-refractivity contribution is 7.92. The lowest BCUT2D eigenvalue weighted by molar-refractivity contribution is 0.564. The molecule has 2 aromatic carbocycles. The molecular formula is C24H29N3O3S. The van der Waals surface area contributed by atoms with Crippen LogP contribution in [0.2, 0.25) is 0 Å². The van der Waals surface area contributed by atoms with E-state index in [1.54, 1.807) is 6.21 Å². The zero-order valence-corrected chi connectivity index (χ0v) is 19.6. The van der Waals surface area contributed by atoms with Crippen LogP contribution in [0.5, 0.6) is 0 Å². The monoisotopic (exact) mass is 439 g/mol. The molecule has 0 unspecified atom stereocenters. The summed E-state index contributed by atoms with van der Waals surface area (Å²) in [5.41, 5.74) is 3.94. The summed E-state index contributed by atoms with van der Waals surface area (Å²) in [6, 6.07) is 15.5. The average molecular weight is 440 g/mol. The number of sulfonamides is 1. The molecule has 1 aromatic heterocycles. The third kappa shape index (κ3) is 5.05. The summed E-state index contributed by atoms with van der Waals surface area (Å²) in [7, 11) is -2.05. The smallest absolute Gasteiger partial charge is 0.240 e. The fraction of sp³-hybridized carbons (Fsp3) is 0.333. The average Bonchev–Trinajstić information content (AvgIpc) is 3.15. The van der Waals surface area contributed by atoms with Crippen LogP contribution in [0.15, 0.2) is 57.9 Å². The van der Waals surface area contributed by atoms with Crippen molar-refractivity contribution >= 4 is 27.7 Å². The minimum atomic E-state index is -3.51. The molecule has 0 N–H and O–H groups in total.